The zero-order valence-electron chi connectivity index (χ0n) is 13.7. The fourth-order valence-corrected chi connectivity index (χ4v) is 3.78. The maximum absolute atomic E-state index is 12.1. The number of hydrogen-bond acceptors (Lipinski definition) is 6. The van der Waals surface area contributed by atoms with Crippen LogP contribution in [0.2, 0.25) is 0 Å². The normalized spacial score (nSPS) is 15.4. The van der Waals surface area contributed by atoms with E-state index in [-0.39, 0.29) is 5.91 Å². The van der Waals surface area contributed by atoms with Crippen LogP contribution in [0.15, 0.2) is 34.5 Å². The van der Waals surface area contributed by atoms with Crippen LogP contribution in [0.1, 0.15) is 11.3 Å². The molecule has 0 spiro atoms. The lowest BCUT2D eigenvalue weighted by Gasteiger charge is -2.25. The molecule has 1 aromatic heterocycles. The number of carbonyl (C=O) groups excluding carboxylic acids is 1. The maximum Gasteiger partial charge on any atom is 0.236 e. The Morgan fingerprint density at radius 3 is 2.83 bits per heavy atom. The van der Waals surface area contributed by atoms with Gasteiger partial charge in [-0.3, -0.25) is 9.69 Å². The van der Waals surface area contributed by atoms with Gasteiger partial charge in [0.1, 0.15) is 0 Å². The molecule has 2 aromatic rings. The van der Waals surface area contributed by atoms with E-state index in [4.69, 9.17) is 4.74 Å². The topological polar surface area (TPSA) is 54.5 Å². The van der Waals surface area contributed by atoms with E-state index in [1.807, 2.05) is 17.5 Å². The molecule has 2 heterocycles. The van der Waals surface area contributed by atoms with Crippen molar-refractivity contribution >= 4 is 34.1 Å². The number of ether oxygens (including phenoxy) is 1. The fourth-order valence-electron chi connectivity index (χ4n) is 2.36. The lowest BCUT2D eigenvalue weighted by Crippen LogP contribution is -2.35. The van der Waals surface area contributed by atoms with Crippen LogP contribution in [0.4, 0.5) is 5.13 Å². The number of carbonyl (C=O) groups is 1. The SMILES string of the molecule is Cc1ccc(SCC(=O)Nc2nc(CN3CCOCC3)cs2)cc1. The molecule has 0 atom stereocenters. The highest BCUT2D eigenvalue weighted by Crippen LogP contribution is 2.20. The number of rotatable bonds is 6. The first-order valence-electron chi connectivity index (χ1n) is 7.93. The van der Waals surface area contributed by atoms with Crippen LogP contribution in [0.25, 0.3) is 0 Å². The Kier molecular flexibility index (Phi) is 6.25. The van der Waals surface area contributed by atoms with Crippen molar-refractivity contribution in [2.45, 2.75) is 18.4 Å². The lowest BCUT2D eigenvalue weighted by atomic mass is 10.2. The smallest absolute Gasteiger partial charge is 0.236 e. The van der Waals surface area contributed by atoms with E-state index in [1.165, 1.54) is 28.7 Å². The molecular formula is C17H21N3O2S2. The number of nitrogens with one attached hydrogen (secondary N) is 1. The minimum Gasteiger partial charge on any atom is -0.379 e. The first-order chi connectivity index (χ1) is 11.7. The average Bonchev–Trinajstić information content (AvgIpc) is 3.02. The second kappa shape index (κ2) is 8.62. The van der Waals surface area contributed by atoms with Gasteiger partial charge >= 0.3 is 0 Å². The summed E-state index contributed by atoms with van der Waals surface area (Å²) in [6, 6.07) is 8.19. The van der Waals surface area contributed by atoms with Crippen LogP contribution in [0.3, 0.4) is 0 Å². The van der Waals surface area contributed by atoms with Crippen molar-refractivity contribution in [3.8, 4) is 0 Å². The number of morpholine rings is 1. The summed E-state index contributed by atoms with van der Waals surface area (Å²) in [4.78, 5) is 20.0. The number of aromatic nitrogens is 1. The Morgan fingerprint density at radius 1 is 1.33 bits per heavy atom. The molecule has 128 valence electrons. The number of amides is 1. The van der Waals surface area contributed by atoms with Crippen molar-refractivity contribution in [2.24, 2.45) is 0 Å². The third-order valence-corrected chi connectivity index (χ3v) is 5.50. The molecule has 1 aromatic carbocycles. The first-order valence-corrected chi connectivity index (χ1v) is 9.79. The van der Waals surface area contributed by atoms with Crippen LogP contribution in [-0.4, -0.2) is 47.8 Å². The summed E-state index contributed by atoms with van der Waals surface area (Å²) in [7, 11) is 0. The van der Waals surface area contributed by atoms with E-state index in [0.717, 1.165) is 43.4 Å². The largest absolute Gasteiger partial charge is 0.379 e. The van der Waals surface area contributed by atoms with Gasteiger partial charge < -0.3 is 10.1 Å². The monoisotopic (exact) mass is 363 g/mol. The van der Waals surface area contributed by atoms with E-state index >= 15 is 0 Å². The first kappa shape index (κ1) is 17.4. The maximum atomic E-state index is 12.1. The van der Waals surface area contributed by atoms with Gasteiger partial charge in [-0.05, 0) is 19.1 Å². The fraction of sp³-hybridized carbons (Fsp3) is 0.412. The lowest BCUT2D eigenvalue weighted by molar-refractivity contribution is -0.113. The Labute approximate surface area is 150 Å². The van der Waals surface area contributed by atoms with Gasteiger partial charge in [-0.1, -0.05) is 17.7 Å². The number of anilines is 1. The van der Waals surface area contributed by atoms with Gasteiger partial charge in [0.15, 0.2) is 5.13 Å². The second-order valence-electron chi connectivity index (χ2n) is 5.68. The molecule has 24 heavy (non-hydrogen) atoms. The van der Waals surface area contributed by atoms with E-state index < -0.39 is 0 Å². The molecule has 0 radical (unpaired) electrons. The highest BCUT2D eigenvalue weighted by Gasteiger charge is 2.13. The number of thiazole rings is 1. The highest BCUT2D eigenvalue weighted by molar-refractivity contribution is 8.00. The standard InChI is InChI=1S/C17H21N3O2S2/c1-13-2-4-15(5-3-13)23-12-16(21)19-17-18-14(11-24-17)10-20-6-8-22-9-7-20/h2-5,11H,6-10,12H2,1H3,(H,18,19,21). The molecule has 1 fully saturated rings. The van der Waals surface area contributed by atoms with Crippen LogP contribution in [0, 0.1) is 6.92 Å². The van der Waals surface area contributed by atoms with Crippen molar-refractivity contribution in [3.05, 3.63) is 40.9 Å². The van der Waals surface area contributed by atoms with Crippen molar-refractivity contribution in [1.29, 1.82) is 0 Å². The molecule has 3 rings (SSSR count). The summed E-state index contributed by atoms with van der Waals surface area (Å²) < 4.78 is 5.35. The quantitative estimate of drug-likeness (QED) is 0.800. The van der Waals surface area contributed by atoms with Gasteiger partial charge in [0.05, 0.1) is 24.7 Å². The number of thioether (sulfide) groups is 1. The molecule has 0 unspecified atom stereocenters. The zero-order chi connectivity index (χ0) is 16.8. The molecular weight excluding hydrogens is 342 g/mol. The van der Waals surface area contributed by atoms with Crippen molar-refractivity contribution in [2.75, 3.05) is 37.4 Å². The summed E-state index contributed by atoms with van der Waals surface area (Å²) in [5.74, 6) is 0.370. The van der Waals surface area contributed by atoms with E-state index in [2.05, 4.69) is 34.3 Å². The van der Waals surface area contributed by atoms with Gasteiger partial charge in [-0.2, -0.15) is 0 Å². The van der Waals surface area contributed by atoms with Gasteiger partial charge in [0.25, 0.3) is 0 Å². The van der Waals surface area contributed by atoms with E-state index in [0.29, 0.717) is 10.9 Å². The Balaban J connectivity index is 1.45. The highest BCUT2D eigenvalue weighted by atomic mass is 32.2. The number of hydrogen-bond donors (Lipinski definition) is 1. The van der Waals surface area contributed by atoms with Gasteiger partial charge in [0.2, 0.25) is 5.91 Å². The molecule has 1 aliphatic heterocycles. The Hall–Kier alpha value is -1.41. The molecule has 7 heteroatoms. The second-order valence-corrected chi connectivity index (χ2v) is 7.59. The zero-order valence-corrected chi connectivity index (χ0v) is 15.3. The Morgan fingerprint density at radius 2 is 2.08 bits per heavy atom. The molecule has 1 N–H and O–H groups in total. The van der Waals surface area contributed by atoms with Crippen LogP contribution < -0.4 is 5.32 Å². The minimum atomic E-state index is -0.0205. The van der Waals surface area contributed by atoms with Crippen LogP contribution in [0.5, 0.6) is 0 Å². The summed E-state index contributed by atoms with van der Waals surface area (Å²) in [6.07, 6.45) is 0. The predicted octanol–water partition coefficient (Wildman–Crippen LogP) is 3.01. The third-order valence-electron chi connectivity index (χ3n) is 3.68. The molecule has 0 aliphatic carbocycles. The predicted molar refractivity (Wildman–Crippen MR) is 98.7 cm³/mol. The van der Waals surface area contributed by atoms with Crippen molar-refractivity contribution < 1.29 is 9.53 Å². The molecule has 0 bridgehead atoms. The average molecular weight is 364 g/mol. The van der Waals surface area contributed by atoms with Crippen LogP contribution in [-0.2, 0) is 16.1 Å². The summed E-state index contributed by atoms with van der Waals surface area (Å²) in [6.45, 7) is 6.30. The summed E-state index contributed by atoms with van der Waals surface area (Å²) >= 11 is 3.01. The summed E-state index contributed by atoms with van der Waals surface area (Å²) in [5, 5.41) is 5.57. The van der Waals surface area contributed by atoms with E-state index in [9.17, 15) is 4.79 Å². The number of nitrogens with zero attached hydrogens (tertiary/aromatic N) is 2. The van der Waals surface area contributed by atoms with Crippen LogP contribution >= 0.6 is 23.1 Å². The molecule has 1 amide bonds. The third kappa shape index (κ3) is 5.31. The molecule has 0 saturated carbocycles. The van der Waals surface area contributed by atoms with Crippen molar-refractivity contribution in [1.82, 2.24) is 9.88 Å². The Bertz CT molecular complexity index is 667. The number of aryl methyl sites for hydroxylation is 1. The van der Waals surface area contributed by atoms with Gasteiger partial charge in [-0.15, -0.1) is 23.1 Å². The van der Waals surface area contributed by atoms with E-state index in [1.54, 1.807) is 0 Å². The van der Waals surface area contributed by atoms with Crippen molar-refractivity contribution in [3.63, 3.8) is 0 Å². The number of benzene rings is 1. The van der Waals surface area contributed by atoms with Gasteiger partial charge in [-0.25, -0.2) is 4.98 Å². The molecule has 5 nitrogen and oxygen atoms in total. The molecule has 1 aliphatic rings. The molecule has 1 saturated heterocycles. The summed E-state index contributed by atoms with van der Waals surface area (Å²) in [5.41, 5.74) is 2.22. The minimum absolute atomic E-state index is 0.0205. The van der Waals surface area contributed by atoms with Gasteiger partial charge in [0, 0.05) is 29.9 Å².